The third kappa shape index (κ3) is 8.55. The largest absolute Gasteiger partial charge is 0.484 e. The summed E-state index contributed by atoms with van der Waals surface area (Å²) in [6, 6.07) is 12.5. The van der Waals surface area contributed by atoms with Crippen molar-refractivity contribution in [2.24, 2.45) is 5.41 Å². The van der Waals surface area contributed by atoms with Gasteiger partial charge < -0.3 is 30.6 Å². The van der Waals surface area contributed by atoms with Gasteiger partial charge in [-0.05, 0) is 76.4 Å². The number of fused-ring (bicyclic) bond motifs is 2. The minimum Gasteiger partial charge on any atom is -0.484 e. The number of nitrogens with one attached hydrogen (secondary N) is 4. The van der Waals surface area contributed by atoms with Crippen molar-refractivity contribution >= 4 is 29.0 Å². The molecule has 2 saturated heterocycles. The van der Waals surface area contributed by atoms with Gasteiger partial charge in [-0.1, -0.05) is 45.0 Å². The summed E-state index contributed by atoms with van der Waals surface area (Å²) >= 11 is 0. The Balaban J connectivity index is 1.01. The topological polar surface area (TPSA) is 144 Å². The fourth-order valence-electron chi connectivity index (χ4n) is 7.49. The lowest BCUT2D eigenvalue weighted by atomic mass is 9.85. The number of hydrogen-bond donors (Lipinski definition) is 4. The summed E-state index contributed by atoms with van der Waals surface area (Å²) in [5.74, 6) is 2.02. The average molecular weight is 737 g/mol. The Labute approximate surface area is 318 Å². The monoisotopic (exact) mass is 736 g/mol. The van der Waals surface area contributed by atoms with E-state index in [1.807, 2.05) is 66.5 Å². The number of ether oxygens (including phenoxy) is 1. The summed E-state index contributed by atoms with van der Waals surface area (Å²) < 4.78 is 10.6. The maximum atomic E-state index is 13.7. The van der Waals surface area contributed by atoms with Crippen LogP contribution in [0.4, 0.5) is 16.4 Å². The Morgan fingerprint density at radius 3 is 2.57 bits per heavy atom. The number of pyridine rings is 1. The van der Waals surface area contributed by atoms with Crippen molar-refractivity contribution in [2.45, 2.75) is 90.6 Å². The van der Waals surface area contributed by atoms with Crippen molar-refractivity contribution in [2.75, 3.05) is 50.5 Å². The fourth-order valence-corrected chi connectivity index (χ4v) is 7.49. The molecule has 4 N–H and O–H groups in total. The van der Waals surface area contributed by atoms with Gasteiger partial charge in [0.15, 0.2) is 5.65 Å². The van der Waals surface area contributed by atoms with Crippen molar-refractivity contribution < 1.29 is 9.53 Å². The predicted molar refractivity (Wildman–Crippen MR) is 212 cm³/mol. The summed E-state index contributed by atoms with van der Waals surface area (Å²) in [6.45, 7) is 13.0. The lowest BCUT2D eigenvalue weighted by Crippen LogP contribution is -2.57. The number of likely N-dealkylation sites (N-methyl/N-ethyl adjacent to an activating group) is 1. The number of benzene rings is 1. The van der Waals surface area contributed by atoms with Crippen LogP contribution in [0.3, 0.4) is 0 Å². The molecule has 3 aromatic heterocycles. The molecule has 288 valence electrons. The third-order valence-corrected chi connectivity index (χ3v) is 11.0. The number of carbonyl (C=O) groups is 1. The molecule has 0 unspecified atom stereocenters. The minimum absolute atomic E-state index is 0.176. The standard InChI is InChI=1S/C40H56N12O2/c1-27-11-9-10-18-51(27)39-47-46-37-17-14-30(26-52(37)39)54-34-16-15-33(31-12-7-8-13-32(31)34)44-38(53)45-36(21-35(41)40(2,3)4)43-28-22-42-50(23-28)20-19-49-24-29(25-49)48(5)6/h7-8,12-14,17,21-23,26-27,29,33-34,41,43H,9-11,15-16,18-20,24-25H2,1-6H3,(H2,44,45,53)/b36-21+,41-35?/t27-,33-,34+/m0/s1. The van der Waals surface area contributed by atoms with E-state index < -0.39 is 5.41 Å². The SMILES string of the molecule is C[C@H]1CCCCN1c1nnc2ccc(O[C@@H]3CC[C@H](NC(=O)N/C(=C/C(=N)C(C)(C)C)Nc4cnn(CCN5CC(N(C)C)C5)c4)c4ccccc43)cn12. The van der Waals surface area contributed by atoms with Gasteiger partial charge in [-0.2, -0.15) is 5.10 Å². The first-order valence-corrected chi connectivity index (χ1v) is 19.3. The number of nitrogens with zero attached hydrogens (tertiary/aromatic N) is 8. The smallest absolute Gasteiger partial charge is 0.320 e. The van der Waals surface area contributed by atoms with Gasteiger partial charge >= 0.3 is 6.03 Å². The number of amides is 2. The predicted octanol–water partition coefficient (Wildman–Crippen LogP) is 5.82. The lowest BCUT2D eigenvalue weighted by molar-refractivity contribution is 0.0601. The summed E-state index contributed by atoms with van der Waals surface area (Å²) in [5.41, 5.74) is 3.59. The Hall–Kier alpha value is -4.95. The molecule has 5 heterocycles. The molecule has 0 bridgehead atoms. The molecule has 14 nitrogen and oxygen atoms in total. The molecule has 1 aliphatic carbocycles. The van der Waals surface area contributed by atoms with Crippen molar-refractivity contribution in [3.05, 3.63) is 78.0 Å². The molecule has 3 atom stereocenters. The second-order valence-electron chi connectivity index (χ2n) is 16.3. The number of carbonyl (C=O) groups excluding carboxylic acids is 1. The number of aromatic nitrogens is 5. The van der Waals surface area contributed by atoms with Crippen LogP contribution in [-0.2, 0) is 6.54 Å². The quantitative estimate of drug-likeness (QED) is 0.132. The van der Waals surface area contributed by atoms with Gasteiger partial charge in [0.25, 0.3) is 0 Å². The molecule has 0 radical (unpaired) electrons. The zero-order valence-corrected chi connectivity index (χ0v) is 32.5. The highest BCUT2D eigenvalue weighted by molar-refractivity contribution is 5.97. The summed E-state index contributed by atoms with van der Waals surface area (Å²) in [5, 5.41) is 31.7. The molecule has 3 aliphatic rings. The van der Waals surface area contributed by atoms with Crippen LogP contribution in [0, 0.1) is 10.8 Å². The maximum Gasteiger partial charge on any atom is 0.320 e. The van der Waals surface area contributed by atoms with E-state index in [9.17, 15) is 4.79 Å². The summed E-state index contributed by atoms with van der Waals surface area (Å²) in [6.07, 6.45) is 12.1. The third-order valence-electron chi connectivity index (χ3n) is 11.0. The molecule has 2 fully saturated rings. The second-order valence-corrected chi connectivity index (χ2v) is 16.3. The van der Waals surface area contributed by atoms with Crippen molar-refractivity contribution in [1.82, 2.24) is 44.8 Å². The highest BCUT2D eigenvalue weighted by atomic mass is 16.5. The van der Waals surface area contributed by atoms with Crippen LogP contribution >= 0.6 is 0 Å². The zero-order chi connectivity index (χ0) is 38.0. The van der Waals surface area contributed by atoms with Gasteiger partial charge in [0.1, 0.15) is 17.7 Å². The van der Waals surface area contributed by atoms with Gasteiger partial charge in [-0.25, -0.2) is 4.79 Å². The molecular formula is C40H56N12O2. The van der Waals surface area contributed by atoms with Gasteiger partial charge in [-0.15, -0.1) is 10.2 Å². The summed E-state index contributed by atoms with van der Waals surface area (Å²) in [7, 11) is 4.25. The average Bonchev–Trinajstić information content (AvgIpc) is 3.74. The molecule has 14 heteroatoms. The number of allylic oxidation sites excluding steroid dienone is 1. The lowest BCUT2D eigenvalue weighted by Gasteiger charge is -2.42. The number of piperidine rings is 1. The number of rotatable bonds is 12. The number of likely N-dealkylation sites (tertiary alicyclic amines) is 1. The molecule has 54 heavy (non-hydrogen) atoms. The van der Waals surface area contributed by atoms with Crippen molar-refractivity contribution in [1.29, 1.82) is 5.41 Å². The van der Waals surface area contributed by atoms with Gasteiger partial charge in [0.05, 0.1) is 30.7 Å². The van der Waals surface area contributed by atoms with Crippen LogP contribution in [-0.4, -0.2) is 98.3 Å². The first-order chi connectivity index (χ1) is 25.9. The Morgan fingerprint density at radius 1 is 1.02 bits per heavy atom. The van der Waals surface area contributed by atoms with E-state index in [-0.39, 0.29) is 18.2 Å². The van der Waals surface area contributed by atoms with Crippen LogP contribution in [0.2, 0.25) is 0 Å². The van der Waals surface area contributed by atoms with E-state index >= 15 is 0 Å². The van der Waals surface area contributed by atoms with Crippen LogP contribution in [0.5, 0.6) is 5.75 Å². The first-order valence-electron chi connectivity index (χ1n) is 19.3. The van der Waals surface area contributed by atoms with E-state index in [0.29, 0.717) is 30.0 Å². The van der Waals surface area contributed by atoms with Crippen LogP contribution < -0.4 is 25.6 Å². The van der Waals surface area contributed by atoms with Crippen LogP contribution in [0.1, 0.15) is 83.1 Å². The Kier molecular flexibility index (Phi) is 10.9. The van der Waals surface area contributed by atoms with Crippen LogP contribution in [0.25, 0.3) is 5.65 Å². The van der Waals surface area contributed by atoms with Gasteiger partial charge in [0, 0.05) is 61.7 Å². The van der Waals surface area contributed by atoms with E-state index in [1.54, 1.807) is 12.3 Å². The van der Waals surface area contributed by atoms with Crippen LogP contribution in [0.15, 0.2) is 66.9 Å². The highest BCUT2D eigenvalue weighted by Crippen LogP contribution is 2.39. The van der Waals surface area contributed by atoms with E-state index in [4.69, 9.17) is 10.1 Å². The molecule has 2 amide bonds. The molecule has 7 rings (SSSR count). The summed E-state index contributed by atoms with van der Waals surface area (Å²) in [4.78, 5) is 20.7. The minimum atomic E-state index is -0.402. The number of urea groups is 1. The normalized spacial score (nSPS) is 21.1. The maximum absolute atomic E-state index is 13.7. The van der Waals surface area contributed by atoms with Gasteiger partial charge in [0.2, 0.25) is 5.95 Å². The van der Waals surface area contributed by atoms with E-state index in [0.717, 1.165) is 86.1 Å². The van der Waals surface area contributed by atoms with Crippen molar-refractivity contribution in [3.8, 4) is 5.75 Å². The first kappa shape index (κ1) is 37.4. The molecule has 0 saturated carbocycles. The number of hydrogen-bond acceptors (Lipinski definition) is 10. The molecule has 2 aliphatic heterocycles. The highest BCUT2D eigenvalue weighted by Gasteiger charge is 2.31. The number of anilines is 2. The van der Waals surface area contributed by atoms with E-state index in [1.165, 1.54) is 6.42 Å². The Bertz CT molecular complexity index is 1970. The molecule has 1 aromatic carbocycles. The molecular weight excluding hydrogens is 681 g/mol. The Morgan fingerprint density at radius 2 is 1.81 bits per heavy atom. The molecule has 4 aromatic rings. The van der Waals surface area contributed by atoms with Crippen molar-refractivity contribution in [3.63, 3.8) is 0 Å². The van der Waals surface area contributed by atoms with E-state index in [2.05, 4.69) is 79.1 Å². The second kappa shape index (κ2) is 15.8. The zero-order valence-electron chi connectivity index (χ0n) is 32.5. The van der Waals surface area contributed by atoms with Gasteiger partial charge in [-0.3, -0.25) is 19.3 Å². The molecule has 0 spiro atoms. The fraction of sp³-hybridized carbons (Fsp3) is 0.525.